The van der Waals surface area contributed by atoms with Crippen LogP contribution in [0, 0.1) is 23.0 Å². The van der Waals surface area contributed by atoms with Crippen molar-refractivity contribution in [3.05, 3.63) is 29.8 Å². The molecule has 2 rings (SSSR count). The predicted octanol–water partition coefficient (Wildman–Crippen LogP) is 1.23. The first-order valence-electron chi connectivity index (χ1n) is 6.37. The van der Waals surface area contributed by atoms with E-state index >= 15 is 0 Å². The number of rotatable bonds is 3. The van der Waals surface area contributed by atoms with E-state index < -0.39 is 32.1 Å². The molecule has 21 heavy (non-hydrogen) atoms. The van der Waals surface area contributed by atoms with Crippen molar-refractivity contribution in [2.45, 2.75) is 23.3 Å². The molecular weight excluding hydrogens is 300 g/mol. The molecule has 1 aliphatic rings. The molecule has 114 valence electrons. The van der Waals surface area contributed by atoms with Crippen LogP contribution in [0.4, 0.5) is 8.78 Å². The van der Waals surface area contributed by atoms with Crippen LogP contribution in [0.2, 0.25) is 0 Å². The van der Waals surface area contributed by atoms with Gasteiger partial charge >= 0.3 is 0 Å². The average Bonchev–Trinajstić information content (AvgIpc) is 2.44. The van der Waals surface area contributed by atoms with Gasteiger partial charge in [-0.25, -0.2) is 17.2 Å². The van der Waals surface area contributed by atoms with Crippen LogP contribution in [-0.4, -0.2) is 39.0 Å². The molecule has 1 aliphatic heterocycles. The van der Waals surface area contributed by atoms with Gasteiger partial charge in [0.05, 0.1) is 11.0 Å². The lowest BCUT2D eigenvalue weighted by Crippen LogP contribution is -2.53. The molecule has 0 unspecified atom stereocenters. The lowest BCUT2D eigenvalue weighted by Gasteiger charge is -2.35. The third-order valence-electron chi connectivity index (χ3n) is 3.59. The molecule has 1 saturated heterocycles. The van der Waals surface area contributed by atoms with Crippen LogP contribution in [-0.2, 0) is 10.0 Å². The summed E-state index contributed by atoms with van der Waals surface area (Å²) >= 11 is 0. The van der Waals surface area contributed by atoms with Gasteiger partial charge in [-0.1, -0.05) is 0 Å². The summed E-state index contributed by atoms with van der Waals surface area (Å²) in [5.41, 5.74) is -1.21. The summed E-state index contributed by atoms with van der Waals surface area (Å²) in [6.45, 7) is 1.15. The van der Waals surface area contributed by atoms with Gasteiger partial charge in [0.25, 0.3) is 0 Å². The second kappa shape index (κ2) is 5.67. The van der Waals surface area contributed by atoms with Crippen molar-refractivity contribution < 1.29 is 17.2 Å². The predicted molar refractivity (Wildman–Crippen MR) is 71.8 cm³/mol. The van der Waals surface area contributed by atoms with Gasteiger partial charge in [-0.2, -0.15) is 9.98 Å². The van der Waals surface area contributed by atoms with Crippen molar-refractivity contribution >= 4 is 10.0 Å². The minimum atomic E-state index is -4.08. The van der Waals surface area contributed by atoms with Gasteiger partial charge in [0, 0.05) is 13.1 Å². The molecule has 0 aliphatic carbocycles. The van der Waals surface area contributed by atoms with Gasteiger partial charge in [0.2, 0.25) is 10.0 Å². The summed E-state index contributed by atoms with van der Waals surface area (Å²) in [4.78, 5) is 1.59. The number of likely N-dealkylation sites (tertiary alicyclic amines) is 1. The third-order valence-corrected chi connectivity index (χ3v) is 5.12. The number of hydrogen-bond donors (Lipinski definition) is 1. The first kappa shape index (κ1) is 15.8. The fourth-order valence-corrected chi connectivity index (χ4v) is 3.58. The van der Waals surface area contributed by atoms with E-state index in [0.717, 1.165) is 12.1 Å². The maximum absolute atomic E-state index is 13.2. The highest BCUT2D eigenvalue weighted by Gasteiger charge is 2.38. The highest BCUT2D eigenvalue weighted by Crippen LogP contribution is 2.24. The van der Waals surface area contributed by atoms with E-state index in [1.807, 2.05) is 18.0 Å². The smallest absolute Gasteiger partial charge is 0.242 e. The maximum Gasteiger partial charge on any atom is 0.242 e. The molecule has 0 spiro atoms. The standard InChI is InChI=1S/C13H15F2N3O2S/c1-18-6-4-13(9-16,5-7-18)17-21(19,20)10-2-3-11(14)12(15)8-10/h2-3,8,17H,4-7H2,1H3. The Balaban J connectivity index is 2.28. The number of nitrogens with one attached hydrogen (secondary N) is 1. The molecule has 5 nitrogen and oxygen atoms in total. The third kappa shape index (κ3) is 3.37. The highest BCUT2D eigenvalue weighted by molar-refractivity contribution is 7.89. The minimum Gasteiger partial charge on any atom is -0.306 e. The van der Waals surface area contributed by atoms with E-state index in [2.05, 4.69) is 4.72 Å². The van der Waals surface area contributed by atoms with E-state index in [0.29, 0.717) is 32.0 Å². The largest absolute Gasteiger partial charge is 0.306 e. The molecule has 8 heteroatoms. The minimum absolute atomic E-state index is 0.336. The van der Waals surface area contributed by atoms with Crippen molar-refractivity contribution in [3.8, 4) is 6.07 Å². The van der Waals surface area contributed by atoms with Crippen LogP contribution >= 0.6 is 0 Å². The Kier molecular flexibility index (Phi) is 4.27. The second-order valence-electron chi connectivity index (χ2n) is 5.18. The molecule has 0 atom stereocenters. The lowest BCUT2D eigenvalue weighted by atomic mass is 9.91. The zero-order chi connectivity index (χ0) is 15.7. The molecule has 0 aromatic heterocycles. The topological polar surface area (TPSA) is 73.2 Å². The van der Waals surface area contributed by atoms with E-state index in [9.17, 15) is 22.5 Å². The molecule has 0 bridgehead atoms. The van der Waals surface area contributed by atoms with Crippen LogP contribution in [0.25, 0.3) is 0 Å². The summed E-state index contributed by atoms with van der Waals surface area (Å²) in [5.74, 6) is -2.37. The van der Waals surface area contributed by atoms with Gasteiger partial charge in [0.1, 0.15) is 5.54 Å². The fourth-order valence-electron chi connectivity index (χ4n) is 2.20. The number of halogens is 2. The molecule has 1 aromatic rings. The number of nitriles is 1. The number of benzene rings is 1. The summed E-state index contributed by atoms with van der Waals surface area (Å²) in [5, 5.41) is 9.31. The quantitative estimate of drug-likeness (QED) is 0.910. The number of nitrogens with zero attached hydrogens (tertiary/aromatic N) is 2. The number of sulfonamides is 1. The molecule has 1 aromatic carbocycles. The van der Waals surface area contributed by atoms with E-state index in [1.165, 1.54) is 0 Å². The Bertz CT molecular complexity index is 677. The van der Waals surface area contributed by atoms with Crippen LogP contribution < -0.4 is 4.72 Å². The first-order chi connectivity index (χ1) is 9.78. The molecular formula is C13H15F2N3O2S. The Morgan fingerprint density at radius 2 is 1.90 bits per heavy atom. The van der Waals surface area contributed by atoms with E-state index in [4.69, 9.17) is 0 Å². The Labute approximate surface area is 122 Å². The molecule has 1 N–H and O–H groups in total. The SMILES string of the molecule is CN1CCC(C#N)(NS(=O)(=O)c2ccc(F)c(F)c2)CC1. The molecule has 0 radical (unpaired) electrons. The Morgan fingerprint density at radius 1 is 1.29 bits per heavy atom. The van der Waals surface area contributed by atoms with Gasteiger partial charge in [0.15, 0.2) is 11.6 Å². The van der Waals surface area contributed by atoms with Gasteiger partial charge in [-0.15, -0.1) is 0 Å². The molecule has 1 heterocycles. The van der Waals surface area contributed by atoms with E-state index in [1.54, 1.807) is 0 Å². The van der Waals surface area contributed by atoms with Crippen molar-refractivity contribution in [1.82, 2.24) is 9.62 Å². The van der Waals surface area contributed by atoms with Crippen LogP contribution in [0.15, 0.2) is 23.1 Å². The Morgan fingerprint density at radius 3 is 2.43 bits per heavy atom. The zero-order valence-electron chi connectivity index (χ0n) is 11.4. The number of hydrogen-bond acceptors (Lipinski definition) is 4. The summed E-state index contributed by atoms with van der Waals surface area (Å²) in [7, 11) is -2.20. The van der Waals surface area contributed by atoms with Gasteiger partial charge in [-0.3, -0.25) is 0 Å². The van der Waals surface area contributed by atoms with Crippen LogP contribution in [0.1, 0.15) is 12.8 Å². The zero-order valence-corrected chi connectivity index (χ0v) is 12.3. The highest BCUT2D eigenvalue weighted by atomic mass is 32.2. The number of piperidine rings is 1. The van der Waals surface area contributed by atoms with Crippen molar-refractivity contribution in [2.24, 2.45) is 0 Å². The summed E-state index contributed by atoms with van der Waals surface area (Å²) in [6.07, 6.45) is 0.672. The van der Waals surface area contributed by atoms with E-state index in [-0.39, 0.29) is 0 Å². The second-order valence-corrected chi connectivity index (χ2v) is 6.86. The average molecular weight is 315 g/mol. The van der Waals surface area contributed by atoms with Crippen LogP contribution in [0.3, 0.4) is 0 Å². The maximum atomic E-state index is 13.2. The van der Waals surface area contributed by atoms with Crippen LogP contribution in [0.5, 0.6) is 0 Å². The Hall–Kier alpha value is -1.56. The normalized spacial score (nSPS) is 19.1. The summed E-state index contributed by atoms with van der Waals surface area (Å²) in [6, 6.07) is 4.33. The van der Waals surface area contributed by atoms with Crippen molar-refractivity contribution in [2.75, 3.05) is 20.1 Å². The molecule has 1 fully saturated rings. The first-order valence-corrected chi connectivity index (χ1v) is 7.85. The molecule has 0 saturated carbocycles. The lowest BCUT2D eigenvalue weighted by molar-refractivity contribution is 0.213. The fraction of sp³-hybridized carbons (Fsp3) is 0.462. The monoisotopic (exact) mass is 315 g/mol. The van der Waals surface area contributed by atoms with Gasteiger partial charge in [-0.05, 0) is 38.1 Å². The molecule has 0 amide bonds. The van der Waals surface area contributed by atoms with Crippen molar-refractivity contribution in [3.63, 3.8) is 0 Å². The summed E-state index contributed by atoms with van der Waals surface area (Å²) < 4.78 is 52.9. The van der Waals surface area contributed by atoms with Gasteiger partial charge < -0.3 is 4.90 Å². The van der Waals surface area contributed by atoms with Crippen molar-refractivity contribution in [1.29, 1.82) is 5.26 Å².